The van der Waals surface area contributed by atoms with Gasteiger partial charge >= 0.3 is 0 Å². The Morgan fingerprint density at radius 3 is 2.59 bits per heavy atom. The van der Waals surface area contributed by atoms with Crippen LogP contribution in [0, 0.1) is 6.92 Å². The van der Waals surface area contributed by atoms with E-state index in [9.17, 15) is 4.79 Å². The third kappa shape index (κ3) is 4.81. The minimum absolute atomic E-state index is 0.205. The Morgan fingerprint density at radius 2 is 1.86 bits per heavy atom. The molecule has 1 aromatic heterocycles. The molecule has 0 unspecified atom stereocenters. The maximum Gasteiger partial charge on any atom is 0.232 e. The molecule has 1 saturated heterocycles. The van der Waals surface area contributed by atoms with Gasteiger partial charge in [0.1, 0.15) is 5.03 Å². The van der Waals surface area contributed by atoms with Crippen LogP contribution in [0.15, 0.2) is 29.3 Å². The molecule has 5 nitrogen and oxygen atoms in total. The van der Waals surface area contributed by atoms with Crippen LogP contribution in [0.5, 0.6) is 0 Å². The van der Waals surface area contributed by atoms with Crippen molar-refractivity contribution < 1.29 is 9.53 Å². The fourth-order valence-corrected chi connectivity index (χ4v) is 4.78. The summed E-state index contributed by atoms with van der Waals surface area (Å²) in [6.07, 6.45) is 4.19. The normalized spacial score (nSPS) is 18.4. The Balaban J connectivity index is 1.61. The highest BCUT2D eigenvalue weighted by Crippen LogP contribution is 2.34. The molecule has 2 aliphatic heterocycles. The number of benzene rings is 1. The van der Waals surface area contributed by atoms with E-state index in [1.807, 2.05) is 4.90 Å². The summed E-state index contributed by atoms with van der Waals surface area (Å²) in [6, 6.07) is 8.29. The number of hydrogen-bond acceptors (Lipinski definition) is 5. The lowest BCUT2D eigenvalue weighted by molar-refractivity contribution is -0.129. The fraction of sp³-hybridized carbons (Fsp3) is 0.522. The van der Waals surface area contributed by atoms with Crippen LogP contribution < -0.4 is 0 Å². The number of likely N-dealkylation sites (tertiary alicyclic amines) is 1. The third-order valence-electron chi connectivity index (χ3n) is 5.61. The molecule has 0 spiro atoms. The molecule has 0 saturated carbocycles. The van der Waals surface area contributed by atoms with Gasteiger partial charge in [-0.15, -0.1) is 0 Å². The first-order valence-corrected chi connectivity index (χ1v) is 11.4. The number of carbonyl (C=O) groups is 1. The van der Waals surface area contributed by atoms with Gasteiger partial charge in [-0.2, -0.15) is 0 Å². The van der Waals surface area contributed by atoms with Crippen molar-refractivity contribution in [2.45, 2.75) is 63.7 Å². The van der Waals surface area contributed by atoms with E-state index in [2.05, 4.69) is 45.0 Å². The van der Waals surface area contributed by atoms with Crippen molar-refractivity contribution in [2.24, 2.45) is 0 Å². The minimum atomic E-state index is -0.239. The second-order valence-corrected chi connectivity index (χ2v) is 9.56. The van der Waals surface area contributed by atoms with Gasteiger partial charge in [0.15, 0.2) is 5.82 Å². The van der Waals surface area contributed by atoms with Crippen molar-refractivity contribution >= 4 is 17.7 Å². The molecule has 4 rings (SSSR count). The van der Waals surface area contributed by atoms with Crippen molar-refractivity contribution in [3.63, 3.8) is 0 Å². The lowest BCUT2D eigenvalue weighted by Crippen LogP contribution is -2.37. The number of thioether (sulfide) groups is 1. The van der Waals surface area contributed by atoms with Gasteiger partial charge in [-0.05, 0) is 40.0 Å². The highest BCUT2D eigenvalue weighted by atomic mass is 32.2. The molecule has 6 heteroatoms. The van der Waals surface area contributed by atoms with Gasteiger partial charge in [0.2, 0.25) is 5.91 Å². The van der Waals surface area contributed by atoms with E-state index in [0.717, 1.165) is 60.0 Å². The standard InChI is InChI=1S/C23H29N3O2S/c1-16-7-9-17(10-8-16)21-24-19-13-23(2,3)28-14-18(19)22(25-21)29-15-20(27)26-11-5-4-6-12-26/h7-10H,4-6,11-15H2,1-3H3. The van der Waals surface area contributed by atoms with E-state index >= 15 is 0 Å². The molecule has 0 N–H and O–H groups in total. The van der Waals surface area contributed by atoms with Gasteiger partial charge in [-0.25, -0.2) is 9.97 Å². The Labute approximate surface area is 177 Å². The molecule has 3 heterocycles. The lowest BCUT2D eigenvalue weighted by atomic mass is 9.96. The average Bonchev–Trinajstić information content (AvgIpc) is 2.71. The highest BCUT2D eigenvalue weighted by Gasteiger charge is 2.30. The van der Waals surface area contributed by atoms with Crippen LogP contribution >= 0.6 is 11.8 Å². The van der Waals surface area contributed by atoms with Gasteiger partial charge in [0, 0.05) is 30.6 Å². The first-order chi connectivity index (χ1) is 13.9. The van der Waals surface area contributed by atoms with E-state index in [-0.39, 0.29) is 11.5 Å². The molecule has 1 fully saturated rings. The molecule has 2 aliphatic rings. The zero-order chi connectivity index (χ0) is 20.4. The number of aryl methyl sites for hydroxylation is 1. The SMILES string of the molecule is Cc1ccc(-c2nc3c(c(SCC(=O)N4CCCCC4)n2)COC(C)(C)C3)cc1. The highest BCUT2D eigenvalue weighted by molar-refractivity contribution is 7.99. The van der Waals surface area contributed by atoms with Gasteiger partial charge in [-0.3, -0.25) is 4.79 Å². The topological polar surface area (TPSA) is 55.3 Å². The fourth-order valence-electron chi connectivity index (χ4n) is 3.84. The van der Waals surface area contributed by atoms with E-state index in [0.29, 0.717) is 12.4 Å². The molecule has 1 amide bonds. The van der Waals surface area contributed by atoms with E-state index in [1.54, 1.807) is 0 Å². The van der Waals surface area contributed by atoms with Crippen LogP contribution in [0.25, 0.3) is 11.4 Å². The molecular formula is C23H29N3O2S. The second-order valence-electron chi connectivity index (χ2n) is 8.60. The summed E-state index contributed by atoms with van der Waals surface area (Å²) in [7, 11) is 0. The van der Waals surface area contributed by atoms with Crippen molar-refractivity contribution in [1.82, 2.24) is 14.9 Å². The van der Waals surface area contributed by atoms with Crippen molar-refractivity contribution in [3.05, 3.63) is 41.1 Å². The summed E-state index contributed by atoms with van der Waals surface area (Å²) < 4.78 is 6.03. The summed E-state index contributed by atoms with van der Waals surface area (Å²) in [5.74, 6) is 1.35. The molecular weight excluding hydrogens is 382 g/mol. The van der Waals surface area contributed by atoms with E-state index in [4.69, 9.17) is 14.7 Å². The quantitative estimate of drug-likeness (QED) is 0.551. The zero-order valence-corrected chi connectivity index (χ0v) is 18.3. The Bertz CT molecular complexity index is 890. The Hall–Kier alpha value is -1.92. The van der Waals surface area contributed by atoms with Gasteiger partial charge in [0.25, 0.3) is 0 Å². The second kappa shape index (κ2) is 8.44. The van der Waals surface area contributed by atoms with Gasteiger partial charge in [0.05, 0.1) is 23.7 Å². The number of fused-ring (bicyclic) bond motifs is 1. The van der Waals surface area contributed by atoms with Crippen LogP contribution in [-0.2, 0) is 22.6 Å². The van der Waals surface area contributed by atoms with Crippen molar-refractivity contribution in [3.8, 4) is 11.4 Å². The monoisotopic (exact) mass is 411 g/mol. The average molecular weight is 412 g/mol. The maximum atomic E-state index is 12.7. The number of amides is 1. The molecule has 0 radical (unpaired) electrons. The summed E-state index contributed by atoms with van der Waals surface area (Å²) >= 11 is 1.53. The maximum absolute atomic E-state index is 12.7. The summed E-state index contributed by atoms with van der Waals surface area (Å²) in [5.41, 5.74) is 4.06. The number of carbonyl (C=O) groups excluding carboxylic acids is 1. The minimum Gasteiger partial charge on any atom is -0.370 e. The van der Waals surface area contributed by atoms with Gasteiger partial charge < -0.3 is 9.64 Å². The predicted octanol–water partition coefficient (Wildman–Crippen LogP) is 4.41. The number of nitrogens with zero attached hydrogens (tertiary/aromatic N) is 3. The number of rotatable bonds is 4. The number of piperidine rings is 1. The number of aromatic nitrogens is 2. The lowest BCUT2D eigenvalue weighted by Gasteiger charge is -2.32. The predicted molar refractivity (Wildman–Crippen MR) is 116 cm³/mol. The van der Waals surface area contributed by atoms with Crippen LogP contribution in [0.4, 0.5) is 0 Å². The molecule has 0 bridgehead atoms. The molecule has 0 atom stereocenters. The van der Waals surface area contributed by atoms with Crippen LogP contribution in [0.2, 0.25) is 0 Å². The smallest absolute Gasteiger partial charge is 0.232 e. The molecule has 29 heavy (non-hydrogen) atoms. The molecule has 0 aliphatic carbocycles. The first-order valence-electron chi connectivity index (χ1n) is 10.4. The molecule has 154 valence electrons. The van der Waals surface area contributed by atoms with Gasteiger partial charge in [-0.1, -0.05) is 41.6 Å². The largest absolute Gasteiger partial charge is 0.370 e. The summed E-state index contributed by atoms with van der Waals surface area (Å²) in [5, 5.41) is 0.881. The third-order valence-corrected chi connectivity index (χ3v) is 6.61. The Kier molecular flexibility index (Phi) is 5.93. The van der Waals surface area contributed by atoms with Crippen LogP contribution in [0.1, 0.15) is 49.9 Å². The van der Waals surface area contributed by atoms with Crippen LogP contribution in [-0.4, -0.2) is 45.2 Å². The number of hydrogen-bond donors (Lipinski definition) is 0. The van der Waals surface area contributed by atoms with Crippen LogP contribution in [0.3, 0.4) is 0 Å². The number of ether oxygens (including phenoxy) is 1. The zero-order valence-electron chi connectivity index (χ0n) is 17.5. The van der Waals surface area contributed by atoms with E-state index < -0.39 is 0 Å². The van der Waals surface area contributed by atoms with E-state index in [1.165, 1.54) is 23.7 Å². The summed E-state index contributed by atoms with van der Waals surface area (Å²) in [6.45, 7) is 8.52. The van der Waals surface area contributed by atoms with Crippen molar-refractivity contribution in [2.75, 3.05) is 18.8 Å². The van der Waals surface area contributed by atoms with Crippen molar-refractivity contribution in [1.29, 1.82) is 0 Å². The first kappa shape index (κ1) is 20.4. The molecule has 1 aromatic carbocycles. The Morgan fingerprint density at radius 1 is 1.14 bits per heavy atom. The molecule has 2 aromatic rings. The summed E-state index contributed by atoms with van der Waals surface area (Å²) in [4.78, 5) is 24.4.